The minimum Gasteiger partial charge on any atom is -0.334 e. The molecule has 0 aliphatic rings. The van der Waals surface area contributed by atoms with Crippen LogP contribution in [0.5, 0.6) is 0 Å². The first-order valence-corrected chi connectivity index (χ1v) is 5.97. The highest BCUT2D eigenvalue weighted by molar-refractivity contribution is 7.56. The molecule has 0 atom stereocenters. The van der Waals surface area contributed by atoms with Crippen LogP contribution < -0.4 is 5.30 Å². The molecule has 0 bridgehead atoms. The van der Waals surface area contributed by atoms with E-state index < -0.39 is 8.38 Å². The van der Waals surface area contributed by atoms with E-state index in [4.69, 9.17) is 9.05 Å². The van der Waals surface area contributed by atoms with E-state index in [-0.39, 0.29) is 0 Å². The third-order valence-corrected chi connectivity index (χ3v) is 3.53. The molecule has 0 saturated carbocycles. The lowest BCUT2D eigenvalue weighted by Gasteiger charge is -2.15. The first-order chi connectivity index (χ1) is 6.83. The van der Waals surface area contributed by atoms with Crippen molar-refractivity contribution in [1.29, 1.82) is 0 Å². The van der Waals surface area contributed by atoms with Crippen molar-refractivity contribution in [1.82, 2.24) is 0 Å². The van der Waals surface area contributed by atoms with Gasteiger partial charge in [-0.1, -0.05) is 31.5 Å². The summed E-state index contributed by atoms with van der Waals surface area (Å²) in [4.78, 5) is 0. The molecule has 0 unspecified atom stereocenters. The third kappa shape index (κ3) is 2.78. The van der Waals surface area contributed by atoms with Crippen LogP contribution in [0.4, 0.5) is 0 Å². The maximum absolute atomic E-state index is 5.32. The Labute approximate surface area is 87.2 Å². The summed E-state index contributed by atoms with van der Waals surface area (Å²) in [6, 6.07) is 8.32. The van der Waals surface area contributed by atoms with Gasteiger partial charge in [-0.3, -0.25) is 0 Å². The zero-order chi connectivity index (χ0) is 10.4. The molecule has 0 fully saturated rings. The molecule has 0 aliphatic heterocycles. The second-order valence-electron chi connectivity index (χ2n) is 3.00. The molecule has 1 aromatic rings. The van der Waals surface area contributed by atoms with Gasteiger partial charge in [0.15, 0.2) is 0 Å². The van der Waals surface area contributed by atoms with Gasteiger partial charge in [-0.15, -0.1) is 0 Å². The molecule has 2 nitrogen and oxygen atoms in total. The van der Waals surface area contributed by atoms with Gasteiger partial charge in [-0.2, -0.15) is 0 Å². The Bertz CT molecular complexity index is 272. The number of hydrogen-bond acceptors (Lipinski definition) is 2. The molecule has 0 saturated heterocycles. The maximum Gasteiger partial charge on any atom is 0.204 e. The van der Waals surface area contributed by atoms with Crippen molar-refractivity contribution in [3.8, 4) is 0 Å². The lowest BCUT2D eigenvalue weighted by Crippen LogP contribution is -2.09. The summed E-state index contributed by atoms with van der Waals surface area (Å²) in [6.45, 7) is 2.18. The van der Waals surface area contributed by atoms with Crippen molar-refractivity contribution in [2.75, 3.05) is 14.2 Å². The van der Waals surface area contributed by atoms with Crippen LogP contribution in [0.25, 0.3) is 0 Å². The fourth-order valence-corrected chi connectivity index (χ4v) is 2.61. The van der Waals surface area contributed by atoms with Crippen LogP contribution in [0, 0.1) is 0 Å². The van der Waals surface area contributed by atoms with E-state index in [1.165, 1.54) is 10.9 Å². The second kappa shape index (κ2) is 6.13. The monoisotopic (exact) mass is 212 g/mol. The van der Waals surface area contributed by atoms with Gasteiger partial charge in [0.1, 0.15) is 0 Å². The predicted octanol–water partition coefficient (Wildman–Crippen LogP) is 2.87. The number of rotatable bonds is 5. The van der Waals surface area contributed by atoms with Crippen molar-refractivity contribution in [3.05, 3.63) is 29.8 Å². The van der Waals surface area contributed by atoms with E-state index in [9.17, 15) is 0 Å². The highest BCUT2D eigenvalue weighted by Gasteiger charge is 2.13. The van der Waals surface area contributed by atoms with E-state index in [0.29, 0.717) is 0 Å². The van der Waals surface area contributed by atoms with Gasteiger partial charge in [-0.25, -0.2) is 0 Å². The van der Waals surface area contributed by atoms with Crippen molar-refractivity contribution in [2.45, 2.75) is 19.8 Å². The summed E-state index contributed by atoms with van der Waals surface area (Å²) in [5, 5.41) is 1.20. The number of benzene rings is 1. The van der Waals surface area contributed by atoms with Crippen LogP contribution in [0.3, 0.4) is 0 Å². The van der Waals surface area contributed by atoms with Crippen molar-refractivity contribution < 1.29 is 9.05 Å². The largest absolute Gasteiger partial charge is 0.334 e. The van der Waals surface area contributed by atoms with Crippen LogP contribution in [0.1, 0.15) is 18.9 Å². The topological polar surface area (TPSA) is 18.5 Å². The van der Waals surface area contributed by atoms with Crippen molar-refractivity contribution in [2.24, 2.45) is 0 Å². The van der Waals surface area contributed by atoms with Crippen LogP contribution in [-0.4, -0.2) is 14.2 Å². The summed E-state index contributed by atoms with van der Waals surface area (Å²) >= 11 is 0. The van der Waals surface area contributed by atoms with Crippen LogP contribution in [0.15, 0.2) is 24.3 Å². The highest BCUT2D eigenvalue weighted by Crippen LogP contribution is 2.36. The molecular formula is C11H17O2P. The van der Waals surface area contributed by atoms with E-state index in [0.717, 1.165) is 12.8 Å². The van der Waals surface area contributed by atoms with Gasteiger partial charge >= 0.3 is 0 Å². The maximum atomic E-state index is 5.32. The van der Waals surface area contributed by atoms with Crippen LogP contribution >= 0.6 is 8.38 Å². The Morgan fingerprint density at radius 1 is 1.14 bits per heavy atom. The highest BCUT2D eigenvalue weighted by atomic mass is 31.2. The summed E-state index contributed by atoms with van der Waals surface area (Å²) in [7, 11) is 2.50. The predicted molar refractivity (Wildman–Crippen MR) is 61.0 cm³/mol. The van der Waals surface area contributed by atoms with Gasteiger partial charge < -0.3 is 9.05 Å². The molecule has 0 aliphatic carbocycles. The molecule has 0 radical (unpaired) electrons. The Hall–Kier alpha value is -0.430. The molecular weight excluding hydrogens is 195 g/mol. The fourth-order valence-electron chi connectivity index (χ4n) is 1.44. The third-order valence-electron chi connectivity index (χ3n) is 2.04. The van der Waals surface area contributed by atoms with Gasteiger partial charge in [0.05, 0.1) is 0 Å². The number of aryl methyl sites for hydroxylation is 1. The first-order valence-electron chi connectivity index (χ1n) is 4.79. The standard InChI is InChI=1S/C11H17O2P/c1-4-7-10-8-5-6-9-11(10)14(12-2)13-3/h5-6,8-9H,4,7H2,1-3H3. The van der Waals surface area contributed by atoms with E-state index in [2.05, 4.69) is 25.1 Å². The SMILES string of the molecule is CCCc1ccccc1P(OC)OC. The van der Waals surface area contributed by atoms with E-state index in [1.54, 1.807) is 14.2 Å². The number of hydrogen-bond donors (Lipinski definition) is 0. The molecule has 78 valence electrons. The zero-order valence-electron chi connectivity index (χ0n) is 8.99. The van der Waals surface area contributed by atoms with E-state index in [1.807, 2.05) is 6.07 Å². The molecule has 3 heteroatoms. The van der Waals surface area contributed by atoms with Crippen molar-refractivity contribution >= 4 is 13.7 Å². The van der Waals surface area contributed by atoms with Gasteiger partial charge in [0.2, 0.25) is 8.38 Å². The average Bonchev–Trinajstić information content (AvgIpc) is 2.23. The lowest BCUT2D eigenvalue weighted by atomic mass is 10.1. The van der Waals surface area contributed by atoms with Gasteiger partial charge in [0, 0.05) is 19.5 Å². The van der Waals surface area contributed by atoms with Crippen LogP contribution in [-0.2, 0) is 15.5 Å². The molecule has 0 spiro atoms. The molecule has 0 aromatic heterocycles. The summed E-state index contributed by atoms with van der Waals surface area (Å²) in [5.41, 5.74) is 1.34. The Morgan fingerprint density at radius 3 is 2.36 bits per heavy atom. The minimum absolute atomic E-state index is 0.884. The minimum atomic E-state index is -0.884. The molecule has 1 rings (SSSR count). The molecule has 14 heavy (non-hydrogen) atoms. The summed E-state index contributed by atoms with van der Waals surface area (Å²) in [6.07, 6.45) is 2.23. The zero-order valence-corrected chi connectivity index (χ0v) is 9.88. The second-order valence-corrected chi connectivity index (χ2v) is 4.73. The molecule has 0 heterocycles. The fraction of sp³-hybridized carbons (Fsp3) is 0.455. The normalized spacial score (nSPS) is 10.9. The van der Waals surface area contributed by atoms with Crippen molar-refractivity contribution in [3.63, 3.8) is 0 Å². The van der Waals surface area contributed by atoms with Gasteiger partial charge in [-0.05, 0) is 18.1 Å². The Balaban J connectivity index is 2.92. The summed E-state index contributed by atoms with van der Waals surface area (Å²) < 4.78 is 10.6. The molecule has 1 aromatic carbocycles. The molecule has 0 amide bonds. The first kappa shape index (κ1) is 11.6. The van der Waals surface area contributed by atoms with Crippen LogP contribution in [0.2, 0.25) is 0 Å². The molecule has 0 N–H and O–H groups in total. The van der Waals surface area contributed by atoms with Gasteiger partial charge in [0.25, 0.3) is 0 Å². The Kier molecular flexibility index (Phi) is 5.10. The summed E-state index contributed by atoms with van der Waals surface area (Å²) in [5.74, 6) is 0. The smallest absolute Gasteiger partial charge is 0.204 e. The average molecular weight is 212 g/mol. The van der Waals surface area contributed by atoms with E-state index >= 15 is 0 Å². The Morgan fingerprint density at radius 2 is 1.79 bits per heavy atom. The lowest BCUT2D eigenvalue weighted by molar-refractivity contribution is 0.350. The quantitative estimate of drug-likeness (QED) is 0.699.